The van der Waals surface area contributed by atoms with Crippen molar-refractivity contribution in [3.63, 3.8) is 0 Å². The van der Waals surface area contributed by atoms with E-state index in [1.54, 1.807) is 0 Å². The molecule has 1 nitrogen and oxygen atoms in total. The van der Waals surface area contributed by atoms with Crippen LogP contribution in [-0.2, 0) is 6.42 Å². The quantitative estimate of drug-likeness (QED) is 0.731. The van der Waals surface area contributed by atoms with Crippen molar-refractivity contribution in [2.24, 2.45) is 0 Å². The highest BCUT2D eigenvalue weighted by atomic mass is 14.7. The van der Waals surface area contributed by atoms with Gasteiger partial charge in [0.25, 0.3) is 0 Å². The summed E-state index contributed by atoms with van der Waals surface area (Å²) >= 11 is 0. The third-order valence-electron chi connectivity index (χ3n) is 2.72. The standard InChI is InChI=1S/C14H17N/c1-3-4-5-14-9-12-7-6-11(2)8-13(12)10-15-14/h6-10H,3-5H2,1-2H3. The van der Waals surface area contributed by atoms with E-state index in [9.17, 15) is 0 Å². The molecule has 2 rings (SSSR count). The number of fused-ring (bicyclic) bond motifs is 1. The summed E-state index contributed by atoms with van der Waals surface area (Å²) in [4.78, 5) is 4.49. The topological polar surface area (TPSA) is 12.9 Å². The van der Waals surface area contributed by atoms with Gasteiger partial charge in [-0.15, -0.1) is 0 Å². The molecule has 2 aromatic rings. The van der Waals surface area contributed by atoms with Gasteiger partial charge in [0.15, 0.2) is 0 Å². The lowest BCUT2D eigenvalue weighted by atomic mass is 10.1. The minimum atomic E-state index is 1.10. The summed E-state index contributed by atoms with van der Waals surface area (Å²) in [6, 6.07) is 8.74. The number of aromatic nitrogens is 1. The Morgan fingerprint density at radius 1 is 1.13 bits per heavy atom. The van der Waals surface area contributed by atoms with Crippen LogP contribution in [0.15, 0.2) is 30.5 Å². The van der Waals surface area contributed by atoms with Gasteiger partial charge in [-0.2, -0.15) is 0 Å². The Balaban J connectivity index is 2.34. The number of benzene rings is 1. The van der Waals surface area contributed by atoms with Gasteiger partial charge in [-0.3, -0.25) is 4.98 Å². The minimum absolute atomic E-state index is 1.10. The fraction of sp³-hybridized carbons (Fsp3) is 0.357. The molecule has 0 spiro atoms. The molecule has 78 valence electrons. The van der Waals surface area contributed by atoms with Crippen LogP contribution in [0.2, 0.25) is 0 Å². The molecule has 0 unspecified atom stereocenters. The molecule has 1 heterocycles. The van der Waals surface area contributed by atoms with Gasteiger partial charge < -0.3 is 0 Å². The third kappa shape index (κ3) is 2.35. The highest BCUT2D eigenvalue weighted by Crippen LogP contribution is 2.16. The van der Waals surface area contributed by atoms with Crippen LogP contribution >= 0.6 is 0 Å². The van der Waals surface area contributed by atoms with Crippen LogP contribution in [-0.4, -0.2) is 4.98 Å². The van der Waals surface area contributed by atoms with Crippen LogP contribution < -0.4 is 0 Å². The number of hydrogen-bond donors (Lipinski definition) is 0. The van der Waals surface area contributed by atoms with Crippen molar-refractivity contribution in [1.29, 1.82) is 0 Å². The molecule has 0 aliphatic heterocycles. The van der Waals surface area contributed by atoms with Crippen LogP contribution in [0.5, 0.6) is 0 Å². The van der Waals surface area contributed by atoms with Gasteiger partial charge in [0.2, 0.25) is 0 Å². The Bertz CT molecular complexity index is 460. The maximum atomic E-state index is 4.49. The number of unbranched alkanes of at least 4 members (excludes halogenated alkanes) is 1. The Morgan fingerprint density at radius 2 is 2.00 bits per heavy atom. The van der Waals surface area contributed by atoms with Gasteiger partial charge in [-0.1, -0.05) is 31.0 Å². The van der Waals surface area contributed by atoms with E-state index in [1.807, 2.05) is 6.20 Å². The van der Waals surface area contributed by atoms with Crippen molar-refractivity contribution in [2.45, 2.75) is 33.1 Å². The van der Waals surface area contributed by atoms with Gasteiger partial charge >= 0.3 is 0 Å². The van der Waals surface area contributed by atoms with E-state index >= 15 is 0 Å². The van der Waals surface area contributed by atoms with Crippen LogP contribution in [0.25, 0.3) is 10.8 Å². The first-order chi connectivity index (χ1) is 7.29. The maximum absolute atomic E-state index is 4.49. The van der Waals surface area contributed by atoms with E-state index in [1.165, 1.54) is 34.9 Å². The predicted octanol–water partition coefficient (Wildman–Crippen LogP) is 3.89. The zero-order valence-corrected chi connectivity index (χ0v) is 9.46. The largest absolute Gasteiger partial charge is 0.261 e. The smallest absolute Gasteiger partial charge is 0.0410 e. The van der Waals surface area contributed by atoms with E-state index in [-0.39, 0.29) is 0 Å². The highest BCUT2D eigenvalue weighted by Gasteiger charge is 1.98. The van der Waals surface area contributed by atoms with Crippen molar-refractivity contribution < 1.29 is 0 Å². The summed E-state index contributed by atoms with van der Waals surface area (Å²) in [5.41, 5.74) is 2.51. The molecular weight excluding hydrogens is 182 g/mol. The molecule has 0 saturated heterocycles. The first kappa shape index (κ1) is 10.2. The molecule has 0 aliphatic rings. The Morgan fingerprint density at radius 3 is 2.80 bits per heavy atom. The molecule has 0 fully saturated rings. The SMILES string of the molecule is CCCCc1cc2ccc(C)cc2cn1. The van der Waals surface area contributed by atoms with Crippen LogP contribution in [0, 0.1) is 6.92 Å². The molecule has 0 N–H and O–H groups in total. The molecule has 0 bridgehead atoms. The van der Waals surface area contributed by atoms with E-state index in [0.717, 1.165) is 6.42 Å². The van der Waals surface area contributed by atoms with Gasteiger partial charge in [-0.05, 0) is 37.3 Å². The van der Waals surface area contributed by atoms with Crippen LogP contribution in [0.4, 0.5) is 0 Å². The van der Waals surface area contributed by atoms with Crippen molar-refractivity contribution in [3.8, 4) is 0 Å². The van der Waals surface area contributed by atoms with Gasteiger partial charge in [0.1, 0.15) is 0 Å². The lowest BCUT2D eigenvalue weighted by molar-refractivity contribution is 0.778. The maximum Gasteiger partial charge on any atom is 0.0410 e. The summed E-state index contributed by atoms with van der Waals surface area (Å²) in [6.45, 7) is 4.33. The minimum Gasteiger partial charge on any atom is -0.261 e. The van der Waals surface area contributed by atoms with E-state index in [0.29, 0.717) is 0 Å². The highest BCUT2D eigenvalue weighted by molar-refractivity contribution is 5.82. The van der Waals surface area contributed by atoms with Crippen molar-refractivity contribution in [1.82, 2.24) is 4.98 Å². The van der Waals surface area contributed by atoms with Gasteiger partial charge in [-0.25, -0.2) is 0 Å². The van der Waals surface area contributed by atoms with E-state index in [2.05, 4.69) is 43.1 Å². The number of pyridine rings is 1. The summed E-state index contributed by atoms with van der Waals surface area (Å²) in [7, 11) is 0. The molecule has 0 saturated carbocycles. The second-order valence-corrected chi connectivity index (χ2v) is 4.13. The summed E-state index contributed by atoms with van der Waals surface area (Å²) in [6.07, 6.45) is 5.55. The van der Waals surface area contributed by atoms with Gasteiger partial charge in [0.05, 0.1) is 0 Å². The van der Waals surface area contributed by atoms with Crippen molar-refractivity contribution >= 4 is 10.8 Å². The second kappa shape index (κ2) is 4.43. The summed E-state index contributed by atoms with van der Waals surface area (Å²) in [5, 5.41) is 2.55. The van der Waals surface area contributed by atoms with Crippen LogP contribution in [0.3, 0.4) is 0 Å². The molecule has 0 amide bonds. The summed E-state index contributed by atoms with van der Waals surface area (Å²) in [5.74, 6) is 0. The average Bonchev–Trinajstić information content (AvgIpc) is 2.26. The Kier molecular flexibility index (Phi) is 3.00. The van der Waals surface area contributed by atoms with E-state index in [4.69, 9.17) is 0 Å². The zero-order valence-electron chi connectivity index (χ0n) is 9.46. The fourth-order valence-electron chi connectivity index (χ4n) is 1.80. The van der Waals surface area contributed by atoms with Crippen molar-refractivity contribution in [2.75, 3.05) is 0 Å². The average molecular weight is 199 g/mol. The first-order valence-corrected chi connectivity index (χ1v) is 5.65. The lowest BCUT2D eigenvalue weighted by Crippen LogP contribution is -1.89. The number of hydrogen-bond acceptors (Lipinski definition) is 1. The Hall–Kier alpha value is -1.37. The number of nitrogens with zero attached hydrogens (tertiary/aromatic N) is 1. The lowest BCUT2D eigenvalue weighted by Gasteiger charge is -2.03. The van der Waals surface area contributed by atoms with Crippen molar-refractivity contribution in [3.05, 3.63) is 41.7 Å². The Labute approximate surface area is 91.2 Å². The molecule has 0 radical (unpaired) electrons. The summed E-state index contributed by atoms with van der Waals surface area (Å²) < 4.78 is 0. The molecule has 0 aliphatic carbocycles. The van der Waals surface area contributed by atoms with Crippen LogP contribution in [0.1, 0.15) is 31.0 Å². The second-order valence-electron chi connectivity index (χ2n) is 4.13. The third-order valence-corrected chi connectivity index (χ3v) is 2.72. The normalized spacial score (nSPS) is 10.8. The first-order valence-electron chi connectivity index (χ1n) is 5.65. The number of aryl methyl sites for hydroxylation is 2. The molecule has 15 heavy (non-hydrogen) atoms. The molecule has 0 atom stereocenters. The van der Waals surface area contributed by atoms with E-state index < -0.39 is 0 Å². The zero-order chi connectivity index (χ0) is 10.7. The molecular formula is C14H17N. The number of rotatable bonds is 3. The molecule has 1 aromatic carbocycles. The monoisotopic (exact) mass is 199 g/mol. The fourth-order valence-corrected chi connectivity index (χ4v) is 1.80. The molecule has 1 heteroatoms. The van der Waals surface area contributed by atoms with Gasteiger partial charge in [0, 0.05) is 17.3 Å². The molecule has 1 aromatic heterocycles. The predicted molar refractivity (Wildman–Crippen MR) is 65.1 cm³/mol.